The second-order valence-electron chi connectivity index (χ2n) is 4.23. The normalized spacial score (nSPS) is 10.6. The van der Waals surface area contributed by atoms with Crippen molar-refractivity contribution in [3.8, 4) is 0 Å². The Hall–Kier alpha value is -1.69. The summed E-state index contributed by atoms with van der Waals surface area (Å²) >= 11 is 1.53. The zero-order chi connectivity index (χ0) is 14.5. The van der Waals surface area contributed by atoms with E-state index < -0.39 is 11.6 Å². The highest BCUT2D eigenvalue weighted by Crippen LogP contribution is 2.24. The molecule has 108 valence electrons. The average Bonchev–Trinajstić information content (AvgIpc) is 2.88. The minimum atomic E-state index is -0.585. The molecule has 20 heavy (non-hydrogen) atoms. The lowest BCUT2D eigenvalue weighted by Gasteiger charge is -2.16. The van der Waals surface area contributed by atoms with E-state index in [1.165, 1.54) is 29.5 Å². The number of nitrogens with zero attached hydrogens (tertiary/aromatic N) is 2. The number of anilines is 2. The van der Waals surface area contributed by atoms with Crippen molar-refractivity contribution in [1.29, 1.82) is 0 Å². The Morgan fingerprint density at radius 3 is 2.45 bits per heavy atom. The van der Waals surface area contributed by atoms with Crippen molar-refractivity contribution in [2.24, 2.45) is 0 Å². The van der Waals surface area contributed by atoms with E-state index in [2.05, 4.69) is 29.0 Å². The lowest BCUT2D eigenvalue weighted by atomic mass is 10.3. The monoisotopic (exact) mass is 297 g/mol. The number of benzene rings is 1. The Morgan fingerprint density at radius 1 is 1.20 bits per heavy atom. The Kier molecular flexibility index (Phi) is 4.89. The third kappa shape index (κ3) is 3.25. The fraction of sp³-hybridized carbons (Fsp3) is 0.357. The summed E-state index contributed by atoms with van der Waals surface area (Å²) in [6.07, 6.45) is 1.74. The lowest BCUT2D eigenvalue weighted by Crippen LogP contribution is -2.21. The highest BCUT2D eigenvalue weighted by Gasteiger charge is 2.10. The molecule has 2 aromatic rings. The van der Waals surface area contributed by atoms with Crippen LogP contribution in [-0.4, -0.2) is 18.1 Å². The van der Waals surface area contributed by atoms with Gasteiger partial charge in [0.05, 0.1) is 6.54 Å². The van der Waals surface area contributed by atoms with Gasteiger partial charge in [-0.15, -0.1) is 11.3 Å². The molecule has 0 saturated heterocycles. The van der Waals surface area contributed by atoms with Crippen molar-refractivity contribution in [1.82, 2.24) is 4.98 Å². The summed E-state index contributed by atoms with van der Waals surface area (Å²) in [5.74, 6) is -1.17. The van der Waals surface area contributed by atoms with Crippen LogP contribution in [0.3, 0.4) is 0 Å². The number of para-hydroxylation sites is 1. The first-order valence-corrected chi connectivity index (χ1v) is 7.34. The molecule has 0 fully saturated rings. The first-order chi connectivity index (χ1) is 9.65. The van der Waals surface area contributed by atoms with Gasteiger partial charge in [0, 0.05) is 24.2 Å². The molecule has 1 N–H and O–H groups in total. The summed E-state index contributed by atoms with van der Waals surface area (Å²) in [5.41, 5.74) is -0.0923. The number of thiazole rings is 1. The summed E-state index contributed by atoms with van der Waals surface area (Å²) in [5, 5.41) is 3.72. The summed E-state index contributed by atoms with van der Waals surface area (Å²) in [4.78, 5) is 7.41. The van der Waals surface area contributed by atoms with E-state index in [-0.39, 0.29) is 5.69 Å². The van der Waals surface area contributed by atoms with Gasteiger partial charge in [-0.25, -0.2) is 13.8 Å². The molecular formula is C14H17F2N3S. The molecule has 0 aliphatic carbocycles. The van der Waals surface area contributed by atoms with Gasteiger partial charge in [0.15, 0.2) is 5.13 Å². The molecule has 1 aromatic heterocycles. The fourth-order valence-electron chi connectivity index (χ4n) is 1.86. The van der Waals surface area contributed by atoms with E-state index in [1.807, 2.05) is 0 Å². The van der Waals surface area contributed by atoms with Crippen LogP contribution in [0.4, 0.5) is 19.6 Å². The van der Waals surface area contributed by atoms with E-state index in [0.29, 0.717) is 6.54 Å². The van der Waals surface area contributed by atoms with Crippen LogP contribution in [0.25, 0.3) is 0 Å². The van der Waals surface area contributed by atoms with E-state index in [0.717, 1.165) is 23.1 Å². The zero-order valence-corrected chi connectivity index (χ0v) is 12.3. The SMILES string of the molecule is CCN(CC)c1ncc(CNc2c(F)cccc2F)s1. The van der Waals surface area contributed by atoms with Crippen molar-refractivity contribution in [3.63, 3.8) is 0 Å². The maximum absolute atomic E-state index is 13.5. The molecule has 0 atom stereocenters. The maximum atomic E-state index is 13.5. The van der Waals surface area contributed by atoms with Crippen molar-refractivity contribution < 1.29 is 8.78 Å². The predicted molar refractivity (Wildman–Crippen MR) is 79.4 cm³/mol. The minimum absolute atomic E-state index is 0.0923. The minimum Gasteiger partial charge on any atom is -0.375 e. The highest BCUT2D eigenvalue weighted by atomic mass is 32.1. The molecule has 0 amide bonds. The molecule has 0 bridgehead atoms. The second kappa shape index (κ2) is 6.65. The maximum Gasteiger partial charge on any atom is 0.185 e. The summed E-state index contributed by atoms with van der Waals surface area (Å²) in [7, 11) is 0. The van der Waals surface area contributed by atoms with Crippen LogP contribution >= 0.6 is 11.3 Å². The van der Waals surface area contributed by atoms with Crippen LogP contribution in [0.15, 0.2) is 24.4 Å². The summed E-state index contributed by atoms with van der Waals surface area (Å²) in [6, 6.07) is 3.82. The van der Waals surface area contributed by atoms with Crippen LogP contribution in [0.5, 0.6) is 0 Å². The molecule has 3 nitrogen and oxygen atoms in total. The van der Waals surface area contributed by atoms with Crippen molar-refractivity contribution in [2.45, 2.75) is 20.4 Å². The standard InChI is InChI=1S/C14H17F2N3S/c1-3-19(4-2)14-18-9-10(20-14)8-17-13-11(15)6-5-7-12(13)16/h5-7,9,17H,3-4,8H2,1-2H3. The predicted octanol–water partition coefficient (Wildman–Crippen LogP) is 3.88. The van der Waals surface area contributed by atoms with Gasteiger partial charge in [0.25, 0.3) is 0 Å². The van der Waals surface area contributed by atoms with Crippen LogP contribution in [-0.2, 0) is 6.54 Å². The highest BCUT2D eigenvalue weighted by molar-refractivity contribution is 7.15. The molecule has 0 spiro atoms. The first kappa shape index (κ1) is 14.7. The van der Waals surface area contributed by atoms with Crippen molar-refractivity contribution in [3.05, 3.63) is 40.9 Å². The van der Waals surface area contributed by atoms with E-state index in [9.17, 15) is 8.78 Å². The van der Waals surface area contributed by atoms with Gasteiger partial charge in [-0.1, -0.05) is 6.07 Å². The zero-order valence-electron chi connectivity index (χ0n) is 11.5. The van der Waals surface area contributed by atoms with E-state index >= 15 is 0 Å². The van der Waals surface area contributed by atoms with Crippen LogP contribution in [0.2, 0.25) is 0 Å². The average molecular weight is 297 g/mol. The number of halogens is 2. The Bertz CT molecular complexity index is 547. The Balaban J connectivity index is 2.05. The second-order valence-corrected chi connectivity index (χ2v) is 5.33. The third-order valence-electron chi connectivity index (χ3n) is 2.98. The lowest BCUT2D eigenvalue weighted by molar-refractivity contribution is 0.588. The summed E-state index contributed by atoms with van der Waals surface area (Å²) in [6.45, 7) is 6.27. The first-order valence-electron chi connectivity index (χ1n) is 6.53. The van der Waals surface area contributed by atoms with Gasteiger partial charge in [0.1, 0.15) is 17.3 Å². The molecule has 1 aromatic carbocycles. The number of hydrogen-bond acceptors (Lipinski definition) is 4. The molecular weight excluding hydrogens is 280 g/mol. The molecule has 0 aliphatic heterocycles. The molecule has 0 unspecified atom stereocenters. The smallest absolute Gasteiger partial charge is 0.185 e. The van der Waals surface area contributed by atoms with Gasteiger partial charge >= 0.3 is 0 Å². The van der Waals surface area contributed by atoms with E-state index in [4.69, 9.17) is 0 Å². The largest absolute Gasteiger partial charge is 0.375 e. The number of hydrogen-bond donors (Lipinski definition) is 1. The van der Waals surface area contributed by atoms with Gasteiger partial charge in [0.2, 0.25) is 0 Å². The number of aromatic nitrogens is 1. The number of rotatable bonds is 6. The van der Waals surface area contributed by atoms with Crippen LogP contribution < -0.4 is 10.2 Å². The van der Waals surface area contributed by atoms with Crippen LogP contribution in [0.1, 0.15) is 18.7 Å². The van der Waals surface area contributed by atoms with E-state index in [1.54, 1.807) is 6.20 Å². The molecule has 0 aliphatic rings. The van der Waals surface area contributed by atoms with Crippen molar-refractivity contribution >= 4 is 22.2 Å². The van der Waals surface area contributed by atoms with Crippen molar-refractivity contribution in [2.75, 3.05) is 23.3 Å². The van der Waals surface area contributed by atoms with Gasteiger partial charge in [-0.2, -0.15) is 0 Å². The fourth-order valence-corrected chi connectivity index (χ4v) is 2.84. The van der Waals surface area contributed by atoms with Gasteiger partial charge in [-0.05, 0) is 26.0 Å². The molecule has 6 heteroatoms. The topological polar surface area (TPSA) is 28.2 Å². The summed E-state index contributed by atoms with van der Waals surface area (Å²) < 4.78 is 26.9. The number of nitrogens with one attached hydrogen (secondary N) is 1. The molecule has 0 radical (unpaired) electrons. The molecule has 2 rings (SSSR count). The van der Waals surface area contributed by atoms with Gasteiger partial charge in [-0.3, -0.25) is 0 Å². The Morgan fingerprint density at radius 2 is 1.85 bits per heavy atom. The third-order valence-corrected chi connectivity index (χ3v) is 4.04. The van der Waals surface area contributed by atoms with Crippen LogP contribution in [0, 0.1) is 11.6 Å². The van der Waals surface area contributed by atoms with Gasteiger partial charge < -0.3 is 10.2 Å². The Labute approximate surface area is 121 Å². The molecule has 1 heterocycles. The molecule has 0 saturated carbocycles. The quantitative estimate of drug-likeness (QED) is 0.877.